The van der Waals surface area contributed by atoms with Gasteiger partial charge in [0.25, 0.3) is 0 Å². The Morgan fingerprint density at radius 2 is 2.18 bits per heavy atom. The lowest BCUT2D eigenvalue weighted by Crippen LogP contribution is -2.17. The molecule has 0 N–H and O–H groups in total. The van der Waals surface area contributed by atoms with Crippen LogP contribution in [0.5, 0.6) is 0 Å². The summed E-state index contributed by atoms with van der Waals surface area (Å²) in [7, 11) is 0. The van der Waals surface area contributed by atoms with Gasteiger partial charge < -0.3 is 0 Å². The van der Waals surface area contributed by atoms with Crippen molar-refractivity contribution in [1.29, 1.82) is 0 Å². The standard InChI is InChI=1S/C11H16/c1-5-10-7-6-9(2)8-11(10,3)4/h5,7H,1-2,6,8H2,3-4H3. The van der Waals surface area contributed by atoms with E-state index >= 15 is 0 Å². The van der Waals surface area contributed by atoms with Gasteiger partial charge >= 0.3 is 0 Å². The normalized spacial score (nSPS) is 22.7. The topological polar surface area (TPSA) is 0 Å². The summed E-state index contributed by atoms with van der Waals surface area (Å²) in [5, 5.41) is 0. The molecular formula is C11H16. The number of allylic oxidation sites excluding steroid dienone is 4. The van der Waals surface area contributed by atoms with Gasteiger partial charge in [-0.3, -0.25) is 0 Å². The van der Waals surface area contributed by atoms with E-state index in [1.54, 1.807) is 0 Å². The second-order valence-electron chi connectivity index (χ2n) is 3.88. The molecule has 60 valence electrons. The van der Waals surface area contributed by atoms with Crippen LogP contribution >= 0.6 is 0 Å². The Hall–Kier alpha value is -0.780. The molecule has 0 saturated heterocycles. The molecule has 0 aromatic rings. The Morgan fingerprint density at radius 1 is 1.55 bits per heavy atom. The quantitative estimate of drug-likeness (QED) is 0.499. The minimum atomic E-state index is 0.261. The van der Waals surface area contributed by atoms with E-state index in [1.165, 1.54) is 11.1 Å². The van der Waals surface area contributed by atoms with Crippen molar-refractivity contribution in [2.24, 2.45) is 5.41 Å². The van der Waals surface area contributed by atoms with Crippen molar-refractivity contribution in [2.75, 3.05) is 0 Å². The third-order valence-electron chi connectivity index (χ3n) is 2.30. The maximum Gasteiger partial charge on any atom is -0.00697 e. The minimum Gasteiger partial charge on any atom is -0.0995 e. The first kappa shape index (κ1) is 8.32. The van der Waals surface area contributed by atoms with E-state index < -0.39 is 0 Å². The van der Waals surface area contributed by atoms with Gasteiger partial charge in [-0.1, -0.05) is 44.7 Å². The third kappa shape index (κ3) is 1.62. The molecule has 0 bridgehead atoms. The Kier molecular flexibility index (Phi) is 2.03. The summed E-state index contributed by atoms with van der Waals surface area (Å²) in [4.78, 5) is 0. The van der Waals surface area contributed by atoms with Gasteiger partial charge in [-0.25, -0.2) is 0 Å². The summed E-state index contributed by atoms with van der Waals surface area (Å²) < 4.78 is 0. The highest BCUT2D eigenvalue weighted by atomic mass is 14.3. The Morgan fingerprint density at radius 3 is 2.64 bits per heavy atom. The van der Waals surface area contributed by atoms with Crippen LogP contribution in [0.3, 0.4) is 0 Å². The zero-order valence-electron chi connectivity index (χ0n) is 7.48. The van der Waals surface area contributed by atoms with E-state index in [0.29, 0.717) is 0 Å². The fourth-order valence-corrected chi connectivity index (χ4v) is 1.69. The van der Waals surface area contributed by atoms with Crippen LogP contribution in [-0.2, 0) is 0 Å². The van der Waals surface area contributed by atoms with Crippen LogP contribution in [0.15, 0.2) is 36.5 Å². The highest BCUT2D eigenvalue weighted by Gasteiger charge is 2.24. The third-order valence-corrected chi connectivity index (χ3v) is 2.30. The van der Waals surface area contributed by atoms with Crippen molar-refractivity contribution in [2.45, 2.75) is 26.7 Å². The first-order chi connectivity index (χ1) is 5.06. The van der Waals surface area contributed by atoms with E-state index in [2.05, 4.69) is 33.1 Å². The van der Waals surface area contributed by atoms with Crippen LogP contribution in [0.25, 0.3) is 0 Å². The lowest BCUT2D eigenvalue weighted by molar-refractivity contribution is 0.436. The molecule has 0 aliphatic heterocycles. The van der Waals surface area contributed by atoms with E-state index in [1.807, 2.05) is 6.08 Å². The van der Waals surface area contributed by atoms with Crippen molar-refractivity contribution in [1.82, 2.24) is 0 Å². The van der Waals surface area contributed by atoms with Crippen molar-refractivity contribution >= 4 is 0 Å². The van der Waals surface area contributed by atoms with Crippen LogP contribution in [0, 0.1) is 5.41 Å². The summed E-state index contributed by atoms with van der Waals surface area (Å²) in [6.07, 6.45) is 6.33. The monoisotopic (exact) mass is 148 g/mol. The molecule has 0 heterocycles. The molecule has 0 spiro atoms. The molecule has 0 atom stereocenters. The largest absolute Gasteiger partial charge is 0.0995 e. The molecule has 0 nitrogen and oxygen atoms in total. The van der Waals surface area contributed by atoms with Crippen LogP contribution < -0.4 is 0 Å². The highest BCUT2D eigenvalue weighted by molar-refractivity contribution is 5.31. The van der Waals surface area contributed by atoms with Gasteiger partial charge in [-0.2, -0.15) is 0 Å². The molecule has 11 heavy (non-hydrogen) atoms. The zero-order chi connectivity index (χ0) is 8.48. The molecular weight excluding hydrogens is 132 g/mol. The molecule has 0 fully saturated rings. The molecule has 0 aromatic carbocycles. The lowest BCUT2D eigenvalue weighted by atomic mass is 9.74. The van der Waals surface area contributed by atoms with Gasteiger partial charge in [-0.15, -0.1) is 0 Å². The van der Waals surface area contributed by atoms with Gasteiger partial charge in [0.1, 0.15) is 0 Å². The Bertz CT molecular complexity index is 216. The van der Waals surface area contributed by atoms with Crippen molar-refractivity contribution < 1.29 is 0 Å². The van der Waals surface area contributed by atoms with Crippen molar-refractivity contribution in [3.63, 3.8) is 0 Å². The van der Waals surface area contributed by atoms with Gasteiger partial charge in [0.05, 0.1) is 0 Å². The molecule has 1 aliphatic rings. The fraction of sp³-hybridized carbons (Fsp3) is 0.455. The zero-order valence-corrected chi connectivity index (χ0v) is 7.48. The van der Waals surface area contributed by atoms with Crippen LogP contribution in [0.1, 0.15) is 26.7 Å². The molecule has 0 amide bonds. The number of rotatable bonds is 1. The SMILES string of the molecule is C=CC1=CCC(=C)CC1(C)C. The van der Waals surface area contributed by atoms with Crippen molar-refractivity contribution in [3.8, 4) is 0 Å². The van der Waals surface area contributed by atoms with E-state index in [9.17, 15) is 0 Å². The van der Waals surface area contributed by atoms with E-state index in [-0.39, 0.29) is 5.41 Å². The molecule has 0 heteroatoms. The van der Waals surface area contributed by atoms with Gasteiger partial charge in [0.15, 0.2) is 0 Å². The Balaban J connectivity index is 2.93. The van der Waals surface area contributed by atoms with Gasteiger partial charge in [0.2, 0.25) is 0 Å². The summed E-state index contributed by atoms with van der Waals surface area (Å²) in [6.45, 7) is 12.3. The summed E-state index contributed by atoms with van der Waals surface area (Å²) in [5.41, 5.74) is 2.96. The fourth-order valence-electron chi connectivity index (χ4n) is 1.69. The lowest BCUT2D eigenvalue weighted by Gasteiger charge is -2.31. The summed E-state index contributed by atoms with van der Waals surface area (Å²) >= 11 is 0. The number of hydrogen-bond donors (Lipinski definition) is 0. The molecule has 0 aromatic heterocycles. The first-order valence-corrected chi connectivity index (χ1v) is 4.06. The van der Waals surface area contributed by atoms with Crippen LogP contribution in [0.4, 0.5) is 0 Å². The second kappa shape index (κ2) is 2.69. The average Bonchev–Trinajstić information content (AvgIpc) is 1.85. The summed E-state index contributed by atoms with van der Waals surface area (Å²) in [5.74, 6) is 0. The predicted octanol–water partition coefficient (Wildman–Crippen LogP) is 3.48. The highest BCUT2D eigenvalue weighted by Crippen LogP contribution is 2.38. The summed E-state index contributed by atoms with van der Waals surface area (Å²) in [6, 6.07) is 0. The van der Waals surface area contributed by atoms with Gasteiger partial charge in [0, 0.05) is 0 Å². The molecule has 1 rings (SSSR count). The van der Waals surface area contributed by atoms with E-state index in [0.717, 1.165) is 12.8 Å². The van der Waals surface area contributed by atoms with E-state index in [4.69, 9.17) is 0 Å². The van der Waals surface area contributed by atoms with Gasteiger partial charge in [-0.05, 0) is 23.8 Å². The Labute approximate surface area is 69.3 Å². The maximum absolute atomic E-state index is 4.00. The molecule has 0 radical (unpaired) electrons. The van der Waals surface area contributed by atoms with Crippen LogP contribution in [0.2, 0.25) is 0 Å². The first-order valence-electron chi connectivity index (χ1n) is 4.06. The number of hydrogen-bond acceptors (Lipinski definition) is 0. The van der Waals surface area contributed by atoms with Crippen LogP contribution in [-0.4, -0.2) is 0 Å². The average molecular weight is 148 g/mol. The maximum atomic E-state index is 4.00. The minimum absolute atomic E-state index is 0.261. The molecule has 0 unspecified atom stereocenters. The second-order valence-corrected chi connectivity index (χ2v) is 3.88. The smallest absolute Gasteiger partial charge is 0.00697 e. The molecule has 1 aliphatic carbocycles. The molecule has 0 saturated carbocycles. The predicted molar refractivity (Wildman–Crippen MR) is 50.4 cm³/mol. The van der Waals surface area contributed by atoms with Crippen molar-refractivity contribution in [3.05, 3.63) is 36.5 Å².